The topological polar surface area (TPSA) is 60.6 Å². The Kier molecular flexibility index (Phi) is 3.96. The Morgan fingerprint density at radius 3 is 2.90 bits per heavy atom. The van der Waals surface area contributed by atoms with Crippen molar-refractivity contribution in [1.82, 2.24) is 29.9 Å². The van der Waals surface area contributed by atoms with Gasteiger partial charge in [-0.15, -0.1) is 5.10 Å². The number of aryl methyl sites for hydroxylation is 2. The number of aromatic nitrogens is 5. The van der Waals surface area contributed by atoms with Gasteiger partial charge in [0.15, 0.2) is 0 Å². The van der Waals surface area contributed by atoms with E-state index in [-0.39, 0.29) is 6.04 Å². The summed E-state index contributed by atoms with van der Waals surface area (Å²) in [6.07, 6.45) is 4.60. The minimum Gasteiger partial charge on any atom is -0.330 e. The van der Waals surface area contributed by atoms with Crippen molar-refractivity contribution in [3.05, 3.63) is 42.5 Å². The number of rotatable bonds is 6. The summed E-state index contributed by atoms with van der Waals surface area (Å²) in [6.45, 7) is 3.95. The highest BCUT2D eigenvalue weighted by Gasteiger charge is 2.13. The molecule has 0 saturated carbocycles. The second-order valence-electron chi connectivity index (χ2n) is 5.21. The first kappa shape index (κ1) is 13.8. The maximum Gasteiger partial charge on any atom is 0.126 e. The zero-order valence-electron chi connectivity index (χ0n) is 12.4. The molecule has 0 radical (unpaired) electrons. The molecule has 2 aromatic heterocycles. The molecule has 0 spiro atoms. The molecule has 6 heteroatoms. The Hall–Kier alpha value is -2.21. The summed E-state index contributed by atoms with van der Waals surface area (Å²) in [4.78, 5) is 4.71. The van der Waals surface area contributed by atoms with Crippen molar-refractivity contribution in [2.75, 3.05) is 6.54 Å². The molecule has 0 bridgehead atoms. The molecular weight excluding hydrogens is 264 g/mol. The quantitative estimate of drug-likeness (QED) is 0.702. The maximum absolute atomic E-state index is 4.71. The van der Waals surface area contributed by atoms with Crippen LogP contribution in [0.15, 0.2) is 36.7 Å². The highest BCUT2D eigenvalue weighted by molar-refractivity contribution is 5.75. The summed E-state index contributed by atoms with van der Waals surface area (Å²) in [5.74, 6) is 1.07. The fraction of sp³-hybridized carbons (Fsp3) is 0.400. The molecule has 0 aliphatic heterocycles. The molecule has 1 N–H and O–H groups in total. The van der Waals surface area contributed by atoms with E-state index in [0.29, 0.717) is 0 Å². The third kappa shape index (κ3) is 2.95. The lowest BCUT2D eigenvalue weighted by Gasteiger charge is -2.13. The van der Waals surface area contributed by atoms with Gasteiger partial charge >= 0.3 is 0 Å². The largest absolute Gasteiger partial charge is 0.330 e. The van der Waals surface area contributed by atoms with Gasteiger partial charge in [0.1, 0.15) is 5.82 Å². The number of nitrogens with zero attached hydrogens (tertiary/aromatic N) is 5. The zero-order valence-corrected chi connectivity index (χ0v) is 12.4. The van der Waals surface area contributed by atoms with Crippen molar-refractivity contribution in [3.63, 3.8) is 0 Å². The van der Waals surface area contributed by atoms with Crippen LogP contribution < -0.4 is 5.32 Å². The lowest BCUT2D eigenvalue weighted by molar-refractivity contribution is 0.483. The number of para-hydroxylation sites is 2. The molecule has 0 amide bonds. The molecule has 1 aromatic carbocycles. The zero-order chi connectivity index (χ0) is 14.7. The molecule has 21 heavy (non-hydrogen) atoms. The van der Waals surface area contributed by atoms with E-state index in [1.807, 2.05) is 23.0 Å². The third-order valence-electron chi connectivity index (χ3n) is 3.70. The van der Waals surface area contributed by atoms with Gasteiger partial charge in [0.2, 0.25) is 0 Å². The van der Waals surface area contributed by atoms with Crippen LogP contribution in [-0.4, -0.2) is 31.1 Å². The molecule has 6 nitrogen and oxygen atoms in total. The molecule has 2 heterocycles. The number of imidazole rings is 1. The maximum atomic E-state index is 4.71. The van der Waals surface area contributed by atoms with Gasteiger partial charge < -0.3 is 9.88 Å². The molecule has 3 rings (SSSR count). The molecule has 0 aliphatic rings. The van der Waals surface area contributed by atoms with Gasteiger partial charge in [-0.25, -0.2) is 4.98 Å². The van der Waals surface area contributed by atoms with Gasteiger partial charge in [0, 0.05) is 19.8 Å². The monoisotopic (exact) mass is 284 g/mol. The van der Waals surface area contributed by atoms with E-state index in [4.69, 9.17) is 4.98 Å². The van der Waals surface area contributed by atoms with Crippen LogP contribution in [0.1, 0.15) is 25.2 Å². The summed E-state index contributed by atoms with van der Waals surface area (Å²) in [7, 11) is 2.07. The fourth-order valence-corrected chi connectivity index (χ4v) is 2.55. The number of hydrogen-bond donors (Lipinski definition) is 1. The van der Waals surface area contributed by atoms with E-state index < -0.39 is 0 Å². The Labute approximate surface area is 123 Å². The van der Waals surface area contributed by atoms with Crippen molar-refractivity contribution >= 4 is 11.0 Å². The standard InChI is InChI=1S/C15H20N6/c1-12(16-8-5-10-21-11-9-17-19-21)15-18-13-6-3-4-7-14(13)20(15)2/h3-4,6-7,9,11-12,16H,5,8,10H2,1-2H3. The van der Waals surface area contributed by atoms with Crippen LogP contribution in [0.4, 0.5) is 0 Å². The van der Waals surface area contributed by atoms with Gasteiger partial charge in [-0.05, 0) is 32.0 Å². The fourth-order valence-electron chi connectivity index (χ4n) is 2.55. The SMILES string of the molecule is CC(NCCCn1ccnn1)c1nc2ccccc2n1C. The number of nitrogens with one attached hydrogen (secondary N) is 1. The Balaban J connectivity index is 1.59. The first-order chi connectivity index (χ1) is 10.3. The lowest BCUT2D eigenvalue weighted by atomic mass is 10.3. The van der Waals surface area contributed by atoms with E-state index in [1.54, 1.807) is 6.20 Å². The summed E-state index contributed by atoms with van der Waals surface area (Å²) in [6, 6.07) is 8.44. The van der Waals surface area contributed by atoms with E-state index in [1.165, 1.54) is 5.52 Å². The summed E-state index contributed by atoms with van der Waals surface area (Å²) >= 11 is 0. The van der Waals surface area contributed by atoms with Crippen LogP contribution in [0, 0.1) is 0 Å². The van der Waals surface area contributed by atoms with Crippen molar-refractivity contribution < 1.29 is 0 Å². The first-order valence-electron chi connectivity index (χ1n) is 7.24. The minimum atomic E-state index is 0.221. The first-order valence-corrected chi connectivity index (χ1v) is 7.24. The number of benzene rings is 1. The van der Waals surface area contributed by atoms with Crippen molar-refractivity contribution in [1.29, 1.82) is 0 Å². The summed E-state index contributed by atoms with van der Waals surface area (Å²) in [5, 5.41) is 11.3. The Morgan fingerprint density at radius 1 is 1.29 bits per heavy atom. The van der Waals surface area contributed by atoms with E-state index >= 15 is 0 Å². The third-order valence-corrected chi connectivity index (χ3v) is 3.70. The van der Waals surface area contributed by atoms with Crippen LogP contribution in [0.25, 0.3) is 11.0 Å². The smallest absolute Gasteiger partial charge is 0.126 e. The summed E-state index contributed by atoms with van der Waals surface area (Å²) in [5.41, 5.74) is 2.22. The van der Waals surface area contributed by atoms with Gasteiger partial charge in [0.05, 0.1) is 23.3 Å². The lowest BCUT2D eigenvalue weighted by Crippen LogP contribution is -2.23. The van der Waals surface area contributed by atoms with Crippen molar-refractivity contribution in [2.45, 2.75) is 25.9 Å². The molecule has 0 saturated heterocycles. The highest BCUT2D eigenvalue weighted by atomic mass is 15.4. The van der Waals surface area contributed by atoms with Gasteiger partial charge in [-0.2, -0.15) is 0 Å². The van der Waals surface area contributed by atoms with Crippen molar-refractivity contribution in [3.8, 4) is 0 Å². The molecule has 1 unspecified atom stereocenters. The van der Waals surface area contributed by atoms with Crippen LogP contribution >= 0.6 is 0 Å². The van der Waals surface area contributed by atoms with Gasteiger partial charge in [-0.1, -0.05) is 17.3 Å². The Morgan fingerprint density at radius 2 is 2.14 bits per heavy atom. The molecule has 1 atom stereocenters. The summed E-state index contributed by atoms with van der Waals surface area (Å²) < 4.78 is 4.01. The predicted molar refractivity (Wildman–Crippen MR) is 81.8 cm³/mol. The van der Waals surface area contributed by atoms with E-state index in [0.717, 1.165) is 30.9 Å². The van der Waals surface area contributed by atoms with Gasteiger partial charge in [-0.3, -0.25) is 4.68 Å². The van der Waals surface area contributed by atoms with Crippen LogP contribution in [-0.2, 0) is 13.6 Å². The Bertz CT molecular complexity index is 700. The molecular formula is C15H20N6. The molecule has 0 fully saturated rings. The normalized spacial score (nSPS) is 12.9. The molecule has 0 aliphatic carbocycles. The predicted octanol–water partition coefficient (Wildman–Crippen LogP) is 1.91. The average Bonchev–Trinajstić information content (AvgIpc) is 3.12. The van der Waals surface area contributed by atoms with Crippen LogP contribution in [0.5, 0.6) is 0 Å². The second kappa shape index (κ2) is 6.05. The highest BCUT2D eigenvalue weighted by Crippen LogP contribution is 2.18. The molecule has 110 valence electrons. The van der Waals surface area contributed by atoms with Crippen LogP contribution in [0.2, 0.25) is 0 Å². The number of fused-ring (bicyclic) bond motifs is 1. The molecule has 3 aromatic rings. The number of hydrogen-bond acceptors (Lipinski definition) is 4. The van der Waals surface area contributed by atoms with Crippen molar-refractivity contribution in [2.24, 2.45) is 7.05 Å². The average molecular weight is 284 g/mol. The van der Waals surface area contributed by atoms with E-state index in [9.17, 15) is 0 Å². The van der Waals surface area contributed by atoms with E-state index in [2.05, 4.69) is 46.3 Å². The van der Waals surface area contributed by atoms with Gasteiger partial charge in [0.25, 0.3) is 0 Å². The minimum absolute atomic E-state index is 0.221. The second-order valence-corrected chi connectivity index (χ2v) is 5.21. The van der Waals surface area contributed by atoms with Crippen LogP contribution in [0.3, 0.4) is 0 Å².